The molecular formula is C27H26O3. The Labute approximate surface area is 178 Å². The molecule has 0 aliphatic carbocycles. The average Bonchev–Trinajstić information content (AvgIpc) is 2.79. The molecule has 0 spiro atoms. The lowest BCUT2D eigenvalue weighted by atomic mass is 10.0. The van der Waals surface area contributed by atoms with Crippen molar-refractivity contribution < 1.29 is 14.3 Å². The number of hydrogen-bond donors (Lipinski definition) is 0. The molecule has 0 saturated heterocycles. The quantitative estimate of drug-likeness (QED) is 0.380. The number of carbonyl (C=O) groups is 1. The van der Waals surface area contributed by atoms with Crippen LogP contribution in [-0.2, 0) is 16.0 Å². The van der Waals surface area contributed by atoms with E-state index in [0.717, 1.165) is 16.9 Å². The van der Waals surface area contributed by atoms with E-state index in [2.05, 4.69) is 36.1 Å². The van der Waals surface area contributed by atoms with E-state index in [1.54, 1.807) is 14.0 Å². The molecule has 3 heteroatoms. The van der Waals surface area contributed by atoms with Gasteiger partial charge in [-0.25, -0.2) is 0 Å². The fourth-order valence-corrected chi connectivity index (χ4v) is 3.09. The van der Waals surface area contributed by atoms with E-state index in [-0.39, 0.29) is 11.9 Å². The lowest BCUT2D eigenvalue weighted by molar-refractivity contribution is -0.126. The number of methoxy groups -OCH3 is 1. The normalized spacial score (nSPS) is 11.3. The van der Waals surface area contributed by atoms with Crippen LogP contribution in [0.4, 0.5) is 0 Å². The summed E-state index contributed by atoms with van der Waals surface area (Å²) in [5.41, 5.74) is 4.37. The van der Waals surface area contributed by atoms with E-state index in [0.29, 0.717) is 19.4 Å². The molecule has 0 heterocycles. The minimum atomic E-state index is -0.388. The average molecular weight is 399 g/mol. The maximum Gasteiger partial charge on any atom is 0.158 e. The summed E-state index contributed by atoms with van der Waals surface area (Å²) < 4.78 is 11.0. The predicted molar refractivity (Wildman–Crippen MR) is 120 cm³/mol. The van der Waals surface area contributed by atoms with Crippen LogP contribution in [0.2, 0.25) is 0 Å². The largest absolute Gasteiger partial charge is 0.493 e. The van der Waals surface area contributed by atoms with Crippen LogP contribution in [-0.4, -0.2) is 25.6 Å². The first-order chi connectivity index (χ1) is 14.7. The molecule has 0 aliphatic heterocycles. The molecule has 0 unspecified atom stereocenters. The topological polar surface area (TPSA) is 35.5 Å². The van der Waals surface area contributed by atoms with Gasteiger partial charge in [0.1, 0.15) is 11.9 Å². The van der Waals surface area contributed by atoms with Gasteiger partial charge in [0, 0.05) is 25.5 Å². The third-order valence-electron chi connectivity index (χ3n) is 4.80. The third-order valence-corrected chi connectivity index (χ3v) is 4.80. The number of ketones is 1. The summed E-state index contributed by atoms with van der Waals surface area (Å²) in [4.78, 5) is 11.5. The fraction of sp³-hybridized carbons (Fsp3) is 0.222. The molecule has 0 amide bonds. The number of hydrogen-bond acceptors (Lipinski definition) is 3. The highest BCUT2D eigenvalue weighted by atomic mass is 16.5. The first-order valence-corrected chi connectivity index (χ1v) is 10.0. The number of Topliss-reactive ketones (excluding diaryl/α,β-unsaturated/α-hetero) is 1. The summed E-state index contributed by atoms with van der Waals surface area (Å²) in [6.07, 6.45) is 0.843. The summed E-state index contributed by atoms with van der Waals surface area (Å²) in [5, 5.41) is 0. The van der Waals surface area contributed by atoms with Crippen molar-refractivity contribution in [3.8, 4) is 28.7 Å². The van der Waals surface area contributed by atoms with E-state index in [4.69, 9.17) is 9.47 Å². The van der Waals surface area contributed by atoms with Gasteiger partial charge in [0.25, 0.3) is 0 Å². The number of benzene rings is 3. The second-order valence-corrected chi connectivity index (χ2v) is 7.03. The second-order valence-electron chi connectivity index (χ2n) is 7.03. The van der Waals surface area contributed by atoms with Crippen molar-refractivity contribution >= 4 is 5.78 Å². The van der Waals surface area contributed by atoms with Crippen LogP contribution >= 0.6 is 0 Å². The van der Waals surface area contributed by atoms with Crippen molar-refractivity contribution in [3.63, 3.8) is 0 Å². The van der Waals surface area contributed by atoms with E-state index < -0.39 is 0 Å². The molecule has 152 valence electrons. The van der Waals surface area contributed by atoms with Crippen molar-refractivity contribution in [2.24, 2.45) is 0 Å². The Bertz CT molecular complexity index is 994. The maximum absolute atomic E-state index is 11.5. The smallest absolute Gasteiger partial charge is 0.158 e. The van der Waals surface area contributed by atoms with E-state index in [1.165, 1.54) is 11.1 Å². The molecule has 3 aromatic carbocycles. The summed E-state index contributed by atoms with van der Waals surface area (Å²) in [7, 11) is 1.56. The molecule has 0 aliphatic rings. The molecule has 0 bridgehead atoms. The minimum Gasteiger partial charge on any atom is -0.493 e. The number of carbonyl (C=O) groups excluding carboxylic acids is 1. The first-order valence-electron chi connectivity index (χ1n) is 10.0. The predicted octanol–water partition coefficient (Wildman–Crippen LogP) is 5.32. The van der Waals surface area contributed by atoms with E-state index in [1.807, 2.05) is 54.6 Å². The molecule has 3 aromatic rings. The van der Waals surface area contributed by atoms with Crippen molar-refractivity contribution in [3.05, 3.63) is 90.0 Å². The molecule has 0 N–H and O–H groups in total. The van der Waals surface area contributed by atoms with Crippen LogP contribution < -0.4 is 4.74 Å². The highest BCUT2D eigenvalue weighted by molar-refractivity contribution is 5.80. The van der Waals surface area contributed by atoms with Gasteiger partial charge in [-0.2, -0.15) is 0 Å². The van der Waals surface area contributed by atoms with Crippen molar-refractivity contribution in [1.29, 1.82) is 0 Å². The Morgan fingerprint density at radius 3 is 2.20 bits per heavy atom. The molecule has 0 aromatic heterocycles. The Morgan fingerprint density at radius 1 is 0.900 bits per heavy atom. The Morgan fingerprint density at radius 2 is 1.57 bits per heavy atom. The van der Waals surface area contributed by atoms with Crippen LogP contribution in [0.25, 0.3) is 11.1 Å². The zero-order valence-electron chi connectivity index (χ0n) is 17.4. The Balaban J connectivity index is 1.45. The fourth-order valence-electron chi connectivity index (χ4n) is 3.09. The highest BCUT2D eigenvalue weighted by Crippen LogP contribution is 2.22. The lowest BCUT2D eigenvalue weighted by Gasteiger charge is -2.11. The highest BCUT2D eigenvalue weighted by Gasteiger charge is 2.13. The summed E-state index contributed by atoms with van der Waals surface area (Å²) >= 11 is 0. The zero-order valence-corrected chi connectivity index (χ0v) is 17.4. The van der Waals surface area contributed by atoms with Gasteiger partial charge in [0.2, 0.25) is 0 Å². The van der Waals surface area contributed by atoms with Crippen LogP contribution in [0, 0.1) is 11.8 Å². The molecule has 3 nitrogen and oxygen atoms in total. The molecule has 0 radical (unpaired) electrons. The Kier molecular flexibility index (Phi) is 7.83. The molecular weight excluding hydrogens is 372 g/mol. The number of rotatable bonds is 8. The van der Waals surface area contributed by atoms with Gasteiger partial charge in [-0.1, -0.05) is 66.4 Å². The van der Waals surface area contributed by atoms with Gasteiger partial charge in [-0.05, 0) is 47.9 Å². The van der Waals surface area contributed by atoms with Crippen LogP contribution in [0.5, 0.6) is 5.75 Å². The van der Waals surface area contributed by atoms with Crippen molar-refractivity contribution in [1.82, 2.24) is 0 Å². The third kappa shape index (κ3) is 6.34. The van der Waals surface area contributed by atoms with Gasteiger partial charge in [-0.15, -0.1) is 0 Å². The van der Waals surface area contributed by atoms with E-state index >= 15 is 0 Å². The summed E-state index contributed by atoms with van der Waals surface area (Å²) in [5.74, 6) is 7.18. The summed E-state index contributed by atoms with van der Waals surface area (Å²) in [6, 6.07) is 26.3. The van der Waals surface area contributed by atoms with Crippen molar-refractivity contribution in [2.45, 2.75) is 25.9 Å². The molecule has 0 fully saturated rings. The van der Waals surface area contributed by atoms with Gasteiger partial charge in [-0.3, -0.25) is 4.79 Å². The van der Waals surface area contributed by atoms with Gasteiger partial charge in [0.15, 0.2) is 5.78 Å². The monoisotopic (exact) mass is 398 g/mol. The molecule has 3 rings (SSSR count). The van der Waals surface area contributed by atoms with Gasteiger partial charge in [0.05, 0.1) is 6.61 Å². The van der Waals surface area contributed by atoms with Gasteiger partial charge >= 0.3 is 0 Å². The molecule has 1 atom stereocenters. The van der Waals surface area contributed by atoms with Crippen LogP contribution in [0.3, 0.4) is 0 Å². The Hall–Kier alpha value is -3.35. The minimum absolute atomic E-state index is 0.0380. The van der Waals surface area contributed by atoms with Gasteiger partial charge < -0.3 is 9.47 Å². The maximum atomic E-state index is 11.5. The second kappa shape index (κ2) is 11.0. The molecule has 30 heavy (non-hydrogen) atoms. The summed E-state index contributed by atoms with van der Waals surface area (Å²) in [6.45, 7) is 2.09. The number of ether oxygens (including phenoxy) is 2. The first kappa shape index (κ1) is 21.4. The standard InChI is InChI=1S/C27H26O3/c1-21(28)27(29-2)20-23-13-11-22(12-14-23)8-6-7-19-30-26-17-15-25(16-18-26)24-9-4-3-5-10-24/h3-5,9-18,27H,7,19-20H2,1-2H3/t27-/m0/s1. The lowest BCUT2D eigenvalue weighted by Crippen LogP contribution is -2.22. The SMILES string of the molecule is CO[C@@H](Cc1ccc(C#CCCOc2ccc(-c3ccccc3)cc2)cc1)C(C)=O. The molecule has 0 saturated carbocycles. The van der Waals surface area contributed by atoms with Crippen LogP contribution in [0.15, 0.2) is 78.9 Å². The van der Waals surface area contributed by atoms with E-state index in [9.17, 15) is 4.79 Å². The van der Waals surface area contributed by atoms with Crippen LogP contribution in [0.1, 0.15) is 24.5 Å². The van der Waals surface area contributed by atoms with Crippen molar-refractivity contribution in [2.75, 3.05) is 13.7 Å². The zero-order chi connectivity index (χ0) is 21.2.